The Morgan fingerprint density at radius 3 is 2.10 bits per heavy atom. The average Bonchev–Trinajstić information content (AvgIpc) is 2.24. The van der Waals surface area contributed by atoms with Crippen LogP contribution < -0.4 is 10.6 Å². The lowest BCUT2D eigenvalue weighted by Gasteiger charge is -2.25. The number of aliphatic hydroxyl groups is 1. The van der Waals surface area contributed by atoms with Gasteiger partial charge >= 0.3 is 6.09 Å². The summed E-state index contributed by atoms with van der Waals surface area (Å²) in [4.78, 5) is 11.3. The maximum Gasteiger partial charge on any atom is 0.407 e. The molecule has 0 spiro atoms. The Morgan fingerprint density at radius 1 is 1.10 bits per heavy atom. The van der Waals surface area contributed by atoms with Crippen LogP contribution in [0.25, 0.3) is 0 Å². The smallest absolute Gasteiger partial charge is 0.407 e. The molecule has 0 radical (unpaired) electrons. The summed E-state index contributed by atoms with van der Waals surface area (Å²) < 4.78 is 31.9. The summed E-state index contributed by atoms with van der Waals surface area (Å²) in [6.07, 6.45) is -0.868. The third-order valence-electron chi connectivity index (χ3n) is 2.31. The van der Waals surface area contributed by atoms with Crippen molar-refractivity contribution in [2.24, 2.45) is 5.41 Å². The summed E-state index contributed by atoms with van der Waals surface area (Å²) in [7, 11) is 0. The van der Waals surface area contributed by atoms with Crippen LogP contribution in [-0.2, 0) is 4.74 Å². The van der Waals surface area contributed by atoms with E-state index >= 15 is 0 Å². The van der Waals surface area contributed by atoms with Crippen LogP contribution in [0.1, 0.15) is 34.6 Å². The van der Waals surface area contributed by atoms with E-state index in [-0.39, 0.29) is 13.2 Å². The van der Waals surface area contributed by atoms with E-state index < -0.39 is 36.1 Å². The number of alkyl halides is 2. The highest BCUT2D eigenvalue weighted by atomic mass is 19.3. The quantitative estimate of drug-likeness (QED) is 0.669. The highest BCUT2D eigenvalue weighted by Crippen LogP contribution is 2.14. The first-order chi connectivity index (χ1) is 8.87. The molecular weight excluding hydrogens is 270 g/mol. The van der Waals surface area contributed by atoms with Gasteiger partial charge in [0.25, 0.3) is 5.92 Å². The summed E-state index contributed by atoms with van der Waals surface area (Å²) >= 11 is 0. The van der Waals surface area contributed by atoms with Crippen molar-refractivity contribution in [3.63, 3.8) is 0 Å². The van der Waals surface area contributed by atoms with Gasteiger partial charge in [-0.3, -0.25) is 0 Å². The minimum Gasteiger partial charge on any atom is -0.444 e. The van der Waals surface area contributed by atoms with Crippen LogP contribution in [0.15, 0.2) is 0 Å². The summed E-state index contributed by atoms with van der Waals surface area (Å²) in [5.41, 5.74) is -1.18. The molecule has 0 saturated heterocycles. The number of carbonyl (C=O) groups is 1. The number of alkyl carbamates (subject to hydrolysis) is 1. The predicted molar refractivity (Wildman–Crippen MR) is 72.9 cm³/mol. The average molecular weight is 296 g/mol. The van der Waals surface area contributed by atoms with Crippen molar-refractivity contribution >= 4 is 6.09 Å². The van der Waals surface area contributed by atoms with Gasteiger partial charge in [-0.2, -0.15) is 0 Å². The van der Waals surface area contributed by atoms with Crippen molar-refractivity contribution in [3.05, 3.63) is 0 Å². The Morgan fingerprint density at radius 2 is 1.65 bits per heavy atom. The van der Waals surface area contributed by atoms with Gasteiger partial charge in [-0.05, 0) is 20.8 Å². The molecule has 0 aromatic rings. The van der Waals surface area contributed by atoms with E-state index in [9.17, 15) is 13.6 Å². The first-order valence-corrected chi connectivity index (χ1v) is 6.53. The summed E-state index contributed by atoms with van der Waals surface area (Å²) in [5, 5.41) is 13.6. The largest absolute Gasteiger partial charge is 0.444 e. The van der Waals surface area contributed by atoms with Crippen molar-refractivity contribution in [2.45, 2.75) is 46.1 Å². The van der Waals surface area contributed by atoms with Gasteiger partial charge in [0.1, 0.15) is 5.60 Å². The molecule has 20 heavy (non-hydrogen) atoms. The number of ether oxygens (including phenoxy) is 1. The normalized spacial score (nSPS) is 13.2. The number of aliphatic hydroxyl groups excluding tert-OH is 1. The van der Waals surface area contributed by atoms with Gasteiger partial charge in [-0.15, -0.1) is 0 Å². The molecule has 1 amide bonds. The van der Waals surface area contributed by atoms with E-state index in [1.54, 1.807) is 34.6 Å². The molecule has 0 aliphatic heterocycles. The Bertz CT molecular complexity index is 315. The van der Waals surface area contributed by atoms with Crippen molar-refractivity contribution in [1.82, 2.24) is 10.6 Å². The van der Waals surface area contributed by atoms with E-state index in [1.165, 1.54) is 0 Å². The van der Waals surface area contributed by atoms with Crippen molar-refractivity contribution in [3.8, 4) is 0 Å². The number of halogens is 2. The molecule has 120 valence electrons. The summed E-state index contributed by atoms with van der Waals surface area (Å²) in [5.74, 6) is -3.08. The predicted octanol–water partition coefficient (Wildman–Crippen LogP) is 1.75. The molecule has 0 aromatic carbocycles. The van der Waals surface area contributed by atoms with Crippen LogP contribution in [0.2, 0.25) is 0 Å². The van der Waals surface area contributed by atoms with Gasteiger partial charge in [-0.25, -0.2) is 13.6 Å². The number of hydrogen-bond acceptors (Lipinski definition) is 4. The minimum absolute atomic E-state index is 0.0955. The molecule has 0 fully saturated rings. The number of amides is 1. The maximum absolute atomic E-state index is 13.5. The Kier molecular flexibility index (Phi) is 6.83. The molecular formula is C13H26F2N2O3. The third-order valence-corrected chi connectivity index (χ3v) is 2.31. The Hall–Kier alpha value is -0.950. The Balaban J connectivity index is 4.04. The lowest BCUT2D eigenvalue weighted by molar-refractivity contribution is -0.00592. The van der Waals surface area contributed by atoms with Crippen molar-refractivity contribution in [2.75, 3.05) is 26.2 Å². The lowest BCUT2D eigenvalue weighted by Crippen LogP contribution is -2.46. The highest BCUT2D eigenvalue weighted by Gasteiger charge is 2.31. The van der Waals surface area contributed by atoms with Crippen molar-refractivity contribution < 1.29 is 23.4 Å². The standard InChI is InChI=1S/C13H26F2N2O3/c1-11(2,3)20-10(19)17-8-13(14,15)7-16-6-12(4,5)9-18/h16,18H,6-9H2,1-5H3,(H,17,19). The summed E-state index contributed by atoms with van der Waals surface area (Å²) in [6.45, 7) is 7.28. The fraction of sp³-hybridized carbons (Fsp3) is 0.923. The van der Waals surface area contributed by atoms with Gasteiger partial charge in [0.05, 0.1) is 13.1 Å². The fourth-order valence-corrected chi connectivity index (χ4v) is 1.22. The zero-order chi connectivity index (χ0) is 16.0. The molecule has 3 N–H and O–H groups in total. The van der Waals surface area contributed by atoms with Gasteiger partial charge in [0.2, 0.25) is 0 Å². The van der Waals surface area contributed by atoms with Crippen LogP contribution in [0.4, 0.5) is 13.6 Å². The minimum atomic E-state index is -3.08. The fourth-order valence-electron chi connectivity index (χ4n) is 1.22. The van der Waals surface area contributed by atoms with E-state index in [4.69, 9.17) is 9.84 Å². The summed E-state index contributed by atoms with van der Waals surface area (Å²) in [6, 6.07) is 0. The maximum atomic E-state index is 13.5. The molecule has 7 heteroatoms. The van der Waals surface area contributed by atoms with Crippen LogP contribution in [0, 0.1) is 5.41 Å². The molecule has 0 atom stereocenters. The van der Waals surface area contributed by atoms with Crippen LogP contribution >= 0.6 is 0 Å². The van der Waals surface area contributed by atoms with E-state index in [1.807, 2.05) is 5.32 Å². The zero-order valence-corrected chi connectivity index (χ0v) is 12.8. The number of rotatable bonds is 7. The molecule has 0 aliphatic rings. The molecule has 0 saturated carbocycles. The first-order valence-electron chi connectivity index (χ1n) is 6.53. The van der Waals surface area contributed by atoms with Crippen LogP contribution in [0.3, 0.4) is 0 Å². The van der Waals surface area contributed by atoms with E-state index in [0.717, 1.165) is 0 Å². The first kappa shape index (κ1) is 19.1. The van der Waals surface area contributed by atoms with Gasteiger partial charge < -0.3 is 20.5 Å². The van der Waals surface area contributed by atoms with E-state index in [0.29, 0.717) is 0 Å². The monoisotopic (exact) mass is 296 g/mol. The molecule has 5 nitrogen and oxygen atoms in total. The number of hydrogen-bond donors (Lipinski definition) is 3. The lowest BCUT2D eigenvalue weighted by atomic mass is 9.95. The zero-order valence-electron chi connectivity index (χ0n) is 12.8. The van der Waals surface area contributed by atoms with Crippen LogP contribution in [-0.4, -0.2) is 49.0 Å². The third kappa shape index (κ3) is 9.91. The molecule has 0 aromatic heterocycles. The van der Waals surface area contributed by atoms with Gasteiger partial charge in [0.15, 0.2) is 0 Å². The number of carbonyl (C=O) groups excluding carboxylic acids is 1. The molecule has 0 aliphatic carbocycles. The Labute approximate surface area is 119 Å². The topological polar surface area (TPSA) is 70.6 Å². The molecule has 0 rings (SSSR count). The van der Waals surface area contributed by atoms with Crippen LogP contribution in [0.5, 0.6) is 0 Å². The van der Waals surface area contributed by atoms with Crippen molar-refractivity contribution in [1.29, 1.82) is 0 Å². The second-order valence-corrected chi connectivity index (χ2v) is 6.64. The van der Waals surface area contributed by atoms with E-state index in [2.05, 4.69) is 5.32 Å². The SMILES string of the molecule is CC(C)(CO)CNCC(F)(F)CNC(=O)OC(C)(C)C. The second-order valence-electron chi connectivity index (χ2n) is 6.64. The molecule has 0 heterocycles. The molecule has 0 unspecified atom stereocenters. The van der Waals surface area contributed by atoms with Gasteiger partial charge in [0, 0.05) is 18.6 Å². The second kappa shape index (κ2) is 7.17. The molecule has 0 bridgehead atoms. The van der Waals surface area contributed by atoms with Gasteiger partial charge in [-0.1, -0.05) is 13.8 Å². The number of nitrogens with one attached hydrogen (secondary N) is 2. The highest BCUT2D eigenvalue weighted by molar-refractivity contribution is 5.67.